The van der Waals surface area contributed by atoms with Crippen LogP contribution in [0.4, 0.5) is 17.1 Å². The molecule has 1 N–H and O–H groups in total. The maximum Gasteiger partial charge on any atom is 0.270 e. The van der Waals surface area contributed by atoms with Gasteiger partial charge >= 0.3 is 0 Å². The Hall–Kier alpha value is -3.13. The molecule has 29 heavy (non-hydrogen) atoms. The van der Waals surface area contributed by atoms with Gasteiger partial charge in [-0.05, 0) is 24.6 Å². The molecular weight excluding hydrogens is 372 g/mol. The monoisotopic (exact) mass is 398 g/mol. The Morgan fingerprint density at radius 2 is 1.93 bits per heavy atom. The average molecular weight is 398 g/mol. The zero-order valence-electron chi connectivity index (χ0n) is 16.5. The number of carbonyl (C=O) groups is 1. The highest BCUT2D eigenvalue weighted by molar-refractivity contribution is 6.00. The third-order valence-corrected chi connectivity index (χ3v) is 4.94. The van der Waals surface area contributed by atoms with Crippen molar-refractivity contribution < 1.29 is 14.5 Å². The number of para-hydroxylation sites is 1. The lowest BCUT2D eigenvalue weighted by Crippen LogP contribution is -2.38. The number of non-ortho nitro benzene ring substituents is 1. The quantitative estimate of drug-likeness (QED) is 0.418. The van der Waals surface area contributed by atoms with E-state index in [0.717, 1.165) is 18.7 Å². The highest BCUT2D eigenvalue weighted by atomic mass is 16.6. The van der Waals surface area contributed by atoms with E-state index in [1.807, 2.05) is 42.3 Å². The Labute approximate surface area is 170 Å². The number of hydrogen-bond donors (Lipinski definition) is 1. The van der Waals surface area contributed by atoms with Gasteiger partial charge in [0.2, 0.25) is 0 Å². The Bertz CT molecular complexity index is 838. The van der Waals surface area contributed by atoms with Crippen molar-refractivity contribution in [1.82, 2.24) is 5.32 Å². The maximum atomic E-state index is 12.8. The normalized spacial score (nSPS) is 13.8. The fourth-order valence-electron chi connectivity index (χ4n) is 3.32. The lowest BCUT2D eigenvalue weighted by molar-refractivity contribution is -0.384. The van der Waals surface area contributed by atoms with Crippen molar-refractivity contribution in [2.75, 3.05) is 56.2 Å². The Kier molecular flexibility index (Phi) is 7.02. The van der Waals surface area contributed by atoms with Crippen LogP contribution in [0.1, 0.15) is 16.8 Å². The molecule has 0 bridgehead atoms. The number of ether oxygens (including phenoxy) is 1. The summed E-state index contributed by atoms with van der Waals surface area (Å²) in [5.74, 6) is -0.294. The van der Waals surface area contributed by atoms with Gasteiger partial charge in [0.25, 0.3) is 11.6 Å². The summed E-state index contributed by atoms with van der Waals surface area (Å²) in [4.78, 5) is 27.6. The van der Waals surface area contributed by atoms with Gasteiger partial charge in [0.15, 0.2) is 0 Å². The predicted molar refractivity (Wildman–Crippen MR) is 113 cm³/mol. The van der Waals surface area contributed by atoms with Gasteiger partial charge < -0.3 is 19.9 Å². The number of benzene rings is 2. The van der Waals surface area contributed by atoms with Gasteiger partial charge in [-0.2, -0.15) is 0 Å². The van der Waals surface area contributed by atoms with Crippen molar-refractivity contribution in [2.24, 2.45) is 0 Å². The van der Waals surface area contributed by atoms with E-state index in [0.29, 0.717) is 44.1 Å². The second-order valence-corrected chi connectivity index (χ2v) is 6.92. The van der Waals surface area contributed by atoms with Crippen LogP contribution in [0.15, 0.2) is 48.5 Å². The van der Waals surface area contributed by atoms with E-state index in [1.54, 1.807) is 6.07 Å². The van der Waals surface area contributed by atoms with Crippen LogP contribution in [0.2, 0.25) is 0 Å². The summed E-state index contributed by atoms with van der Waals surface area (Å²) in [6.07, 6.45) is 0.763. The average Bonchev–Trinajstić information content (AvgIpc) is 2.77. The van der Waals surface area contributed by atoms with Gasteiger partial charge in [-0.1, -0.05) is 18.2 Å². The molecule has 154 valence electrons. The van der Waals surface area contributed by atoms with Crippen molar-refractivity contribution in [3.63, 3.8) is 0 Å². The van der Waals surface area contributed by atoms with Crippen LogP contribution in [-0.4, -0.2) is 57.3 Å². The zero-order valence-corrected chi connectivity index (χ0v) is 16.5. The molecule has 1 amide bonds. The van der Waals surface area contributed by atoms with E-state index in [2.05, 4.69) is 10.2 Å². The van der Waals surface area contributed by atoms with E-state index in [-0.39, 0.29) is 11.6 Å². The minimum atomic E-state index is -0.477. The molecular formula is C21H26N4O4. The molecule has 2 aromatic carbocycles. The number of amides is 1. The van der Waals surface area contributed by atoms with Crippen LogP contribution in [0.3, 0.4) is 0 Å². The molecule has 2 aromatic rings. The number of hydrogen-bond acceptors (Lipinski definition) is 6. The SMILES string of the molecule is CN(CCCNC(=O)c1cc([N+](=O)[O-])ccc1N1CCOCC1)c1ccccc1. The lowest BCUT2D eigenvalue weighted by Gasteiger charge is -2.30. The number of nitro benzene ring substituents is 1. The second kappa shape index (κ2) is 9.88. The molecule has 3 rings (SSSR count). The van der Waals surface area contributed by atoms with Gasteiger partial charge in [-0.3, -0.25) is 14.9 Å². The number of nitrogens with one attached hydrogen (secondary N) is 1. The first-order chi connectivity index (χ1) is 14.1. The van der Waals surface area contributed by atoms with Gasteiger partial charge in [-0.15, -0.1) is 0 Å². The van der Waals surface area contributed by atoms with Gasteiger partial charge in [-0.25, -0.2) is 0 Å². The lowest BCUT2D eigenvalue weighted by atomic mass is 10.1. The molecule has 0 saturated carbocycles. The largest absolute Gasteiger partial charge is 0.378 e. The summed E-state index contributed by atoms with van der Waals surface area (Å²) in [6, 6.07) is 14.5. The third kappa shape index (κ3) is 5.45. The summed E-state index contributed by atoms with van der Waals surface area (Å²) < 4.78 is 5.37. The van der Waals surface area contributed by atoms with Crippen LogP contribution in [0.5, 0.6) is 0 Å². The van der Waals surface area contributed by atoms with Crippen molar-refractivity contribution in [1.29, 1.82) is 0 Å². The molecule has 0 spiro atoms. The molecule has 0 aromatic heterocycles. The molecule has 8 nitrogen and oxygen atoms in total. The number of carbonyl (C=O) groups excluding carboxylic acids is 1. The van der Waals surface area contributed by atoms with Gasteiger partial charge in [0.1, 0.15) is 0 Å². The Morgan fingerprint density at radius 3 is 2.62 bits per heavy atom. The minimum absolute atomic E-state index is 0.0871. The number of nitro groups is 1. The van der Waals surface area contributed by atoms with Gasteiger partial charge in [0.05, 0.1) is 29.4 Å². The Morgan fingerprint density at radius 1 is 1.21 bits per heavy atom. The molecule has 0 unspecified atom stereocenters. The van der Waals surface area contributed by atoms with E-state index < -0.39 is 4.92 Å². The van der Waals surface area contributed by atoms with E-state index in [1.165, 1.54) is 12.1 Å². The summed E-state index contributed by atoms with van der Waals surface area (Å²) in [5, 5.41) is 14.1. The first-order valence-electron chi connectivity index (χ1n) is 9.72. The van der Waals surface area contributed by atoms with Crippen LogP contribution < -0.4 is 15.1 Å². The van der Waals surface area contributed by atoms with Crippen molar-refractivity contribution >= 4 is 23.0 Å². The molecule has 0 radical (unpaired) electrons. The number of morpholine rings is 1. The van der Waals surface area contributed by atoms with Crippen LogP contribution >= 0.6 is 0 Å². The first kappa shape index (κ1) is 20.6. The Balaban J connectivity index is 1.62. The highest BCUT2D eigenvalue weighted by Gasteiger charge is 2.21. The van der Waals surface area contributed by atoms with Gasteiger partial charge in [0, 0.05) is 51.0 Å². The maximum absolute atomic E-state index is 12.8. The molecule has 1 aliphatic heterocycles. The summed E-state index contributed by atoms with van der Waals surface area (Å²) in [6.45, 7) is 3.73. The molecule has 0 aliphatic carbocycles. The standard InChI is InChI=1S/C21H26N4O4/c1-23(17-6-3-2-4-7-17)11-5-10-22-21(26)19-16-18(25(27)28)8-9-20(19)24-12-14-29-15-13-24/h2-4,6-9,16H,5,10-15H2,1H3,(H,22,26). The number of nitrogens with zero attached hydrogens (tertiary/aromatic N) is 3. The highest BCUT2D eigenvalue weighted by Crippen LogP contribution is 2.26. The third-order valence-electron chi connectivity index (χ3n) is 4.94. The summed E-state index contributed by atoms with van der Waals surface area (Å²) in [7, 11) is 2.01. The molecule has 0 atom stereocenters. The number of rotatable bonds is 8. The zero-order chi connectivity index (χ0) is 20.6. The fourth-order valence-corrected chi connectivity index (χ4v) is 3.32. The van der Waals surface area contributed by atoms with Crippen LogP contribution in [0, 0.1) is 10.1 Å². The van der Waals surface area contributed by atoms with Crippen molar-refractivity contribution in [3.05, 3.63) is 64.2 Å². The van der Waals surface area contributed by atoms with Crippen LogP contribution in [0.25, 0.3) is 0 Å². The fraction of sp³-hybridized carbons (Fsp3) is 0.381. The summed E-state index contributed by atoms with van der Waals surface area (Å²) >= 11 is 0. The number of anilines is 2. The smallest absolute Gasteiger partial charge is 0.270 e. The second-order valence-electron chi connectivity index (χ2n) is 6.92. The van der Waals surface area contributed by atoms with E-state index >= 15 is 0 Å². The molecule has 1 heterocycles. The molecule has 1 fully saturated rings. The minimum Gasteiger partial charge on any atom is -0.378 e. The molecule has 8 heteroatoms. The van der Waals surface area contributed by atoms with Crippen molar-refractivity contribution in [3.8, 4) is 0 Å². The van der Waals surface area contributed by atoms with Crippen LogP contribution in [-0.2, 0) is 4.74 Å². The topological polar surface area (TPSA) is 88.0 Å². The molecule has 1 aliphatic rings. The van der Waals surface area contributed by atoms with E-state index in [9.17, 15) is 14.9 Å². The molecule has 1 saturated heterocycles. The predicted octanol–water partition coefficient (Wildman–Crippen LogP) is 2.69. The first-order valence-corrected chi connectivity index (χ1v) is 9.72. The van der Waals surface area contributed by atoms with E-state index in [4.69, 9.17) is 4.74 Å². The van der Waals surface area contributed by atoms with Crippen molar-refractivity contribution in [2.45, 2.75) is 6.42 Å². The summed E-state index contributed by atoms with van der Waals surface area (Å²) in [5.41, 5.74) is 2.07.